The van der Waals surface area contributed by atoms with Crippen LogP contribution in [-0.2, 0) is 0 Å². The average Bonchev–Trinajstić information content (AvgIpc) is 2.75. The van der Waals surface area contributed by atoms with E-state index in [9.17, 15) is 0 Å². The van der Waals surface area contributed by atoms with Crippen molar-refractivity contribution in [2.75, 3.05) is 26.2 Å². The van der Waals surface area contributed by atoms with Crippen molar-refractivity contribution >= 4 is 5.96 Å². The standard InChI is InChI=1S/C9H18N4/c1-2-8(10-4-1)3-5-11-9-12-6-7-13-9/h8,10H,1-7H2,(H2,11,12,13)/t8-/m1/s1. The van der Waals surface area contributed by atoms with Crippen molar-refractivity contribution in [2.24, 2.45) is 4.99 Å². The highest BCUT2D eigenvalue weighted by atomic mass is 15.2. The predicted molar refractivity (Wildman–Crippen MR) is 53.9 cm³/mol. The zero-order chi connectivity index (χ0) is 8.93. The van der Waals surface area contributed by atoms with Crippen molar-refractivity contribution in [3.63, 3.8) is 0 Å². The zero-order valence-corrected chi connectivity index (χ0v) is 7.97. The Kier molecular flexibility index (Phi) is 3.02. The molecule has 1 fully saturated rings. The summed E-state index contributed by atoms with van der Waals surface area (Å²) in [5.74, 6) is 0.984. The van der Waals surface area contributed by atoms with Gasteiger partial charge in [-0.3, -0.25) is 4.99 Å². The highest BCUT2D eigenvalue weighted by Gasteiger charge is 2.13. The van der Waals surface area contributed by atoms with Gasteiger partial charge in [0, 0.05) is 19.1 Å². The first kappa shape index (κ1) is 8.81. The summed E-state index contributed by atoms with van der Waals surface area (Å²) in [6, 6.07) is 0.731. The summed E-state index contributed by atoms with van der Waals surface area (Å²) in [7, 11) is 0. The van der Waals surface area contributed by atoms with Gasteiger partial charge in [0.25, 0.3) is 0 Å². The second-order valence-electron chi connectivity index (χ2n) is 3.67. The third-order valence-electron chi connectivity index (χ3n) is 2.62. The maximum absolute atomic E-state index is 4.27. The summed E-state index contributed by atoms with van der Waals surface area (Å²) in [5.41, 5.74) is 0. The van der Waals surface area contributed by atoms with Crippen LogP contribution in [0.15, 0.2) is 4.99 Å². The molecule has 1 saturated heterocycles. The summed E-state index contributed by atoms with van der Waals surface area (Å²) in [6.07, 6.45) is 3.88. The lowest BCUT2D eigenvalue weighted by atomic mass is 10.1. The van der Waals surface area contributed by atoms with Gasteiger partial charge in [-0.1, -0.05) is 0 Å². The molecule has 4 nitrogen and oxygen atoms in total. The van der Waals surface area contributed by atoms with Gasteiger partial charge in [-0.25, -0.2) is 0 Å². The fourth-order valence-corrected chi connectivity index (χ4v) is 1.88. The maximum atomic E-state index is 4.27. The first-order valence-corrected chi connectivity index (χ1v) is 5.21. The van der Waals surface area contributed by atoms with Crippen LogP contribution in [0.25, 0.3) is 0 Å². The van der Waals surface area contributed by atoms with E-state index in [-0.39, 0.29) is 0 Å². The van der Waals surface area contributed by atoms with Crippen molar-refractivity contribution in [1.29, 1.82) is 0 Å². The minimum atomic E-state index is 0.731. The molecule has 1 atom stereocenters. The van der Waals surface area contributed by atoms with Crippen molar-refractivity contribution < 1.29 is 0 Å². The molecule has 0 saturated carbocycles. The highest BCUT2D eigenvalue weighted by molar-refractivity contribution is 5.81. The van der Waals surface area contributed by atoms with Gasteiger partial charge in [-0.05, 0) is 25.8 Å². The number of hydrogen-bond acceptors (Lipinski definition) is 4. The summed E-state index contributed by atoms with van der Waals surface area (Å²) in [4.78, 5) is 4.27. The molecule has 0 amide bonds. The van der Waals surface area contributed by atoms with Crippen molar-refractivity contribution in [3.05, 3.63) is 0 Å². The van der Waals surface area contributed by atoms with Crippen LogP contribution in [0.4, 0.5) is 0 Å². The molecule has 0 aromatic rings. The van der Waals surface area contributed by atoms with E-state index in [4.69, 9.17) is 0 Å². The first-order chi connectivity index (χ1) is 6.45. The number of nitrogens with one attached hydrogen (secondary N) is 3. The Bertz CT molecular complexity index is 184. The summed E-state index contributed by atoms with van der Waals surface area (Å²) in [5, 5.41) is 9.99. The topological polar surface area (TPSA) is 48.5 Å². The average molecular weight is 182 g/mol. The van der Waals surface area contributed by atoms with Gasteiger partial charge in [0.15, 0.2) is 5.96 Å². The molecule has 0 aromatic heterocycles. The largest absolute Gasteiger partial charge is 0.356 e. The van der Waals surface area contributed by atoms with Crippen LogP contribution in [0.1, 0.15) is 19.3 Å². The molecular weight excluding hydrogens is 164 g/mol. The van der Waals surface area contributed by atoms with E-state index in [0.29, 0.717) is 0 Å². The Hall–Kier alpha value is -0.770. The van der Waals surface area contributed by atoms with Gasteiger partial charge in [0.05, 0.1) is 6.54 Å². The van der Waals surface area contributed by atoms with Gasteiger partial charge in [-0.2, -0.15) is 0 Å². The van der Waals surface area contributed by atoms with Crippen molar-refractivity contribution in [1.82, 2.24) is 16.0 Å². The normalized spacial score (nSPS) is 27.1. The van der Waals surface area contributed by atoms with Crippen molar-refractivity contribution in [3.8, 4) is 0 Å². The molecule has 3 N–H and O–H groups in total. The van der Waals surface area contributed by atoms with Crippen LogP contribution in [0, 0.1) is 0 Å². The quantitative estimate of drug-likeness (QED) is 0.560. The lowest BCUT2D eigenvalue weighted by molar-refractivity contribution is 0.552. The van der Waals surface area contributed by atoms with Crippen LogP contribution in [0.3, 0.4) is 0 Å². The molecule has 4 heteroatoms. The molecule has 74 valence electrons. The minimum Gasteiger partial charge on any atom is -0.356 e. The Morgan fingerprint density at radius 2 is 2.46 bits per heavy atom. The molecule has 2 rings (SSSR count). The number of nitrogens with zero attached hydrogens (tertiary/aromatic N) is 1. The molecule has 0 spiro atoms. The van der Waals surface area contributed by atoms with Crippen LogP contribution in [0.2, 0.25) is 0 Å². The van der Waals surface area contributed by atoms with E-state index in [1.165, 1.54) is 25.8 Å². The SMILES string of the molecule is C1CN[C@@H](CCNC2=NCCN2)C1. The molecular formula is C9H18N4. The van der Waals surface area contributed by atoms with E-state index in [1.807, 2.05) is 0 Å². The Morgan fingerprint density at radius 3 is 3.15 bits per heavy atom. The maximum Gasteiger partial charge on any atom is 0.191 e. The number of rotatable bonds is 3. The molecule has 0 radical (unpaired) electrons. The van der Waals surface area contributed by atoms with E-state index < -0.39 is 0 Å². The molecule has 0 bridgehead atoms. The third-order valence-corrected chi connectivity index (χ3v) is 2.62. The number of hydrogen-bond donors (Lipinski definition) is 3. The fraction of sp³-hybridized carbons (Fsp3) is 0.889. The molecule has 2 heterocycles. The minimum absolute atomic E-state index is 0.731. The molecule has 0 aliphatic carbocycles. The molecule has 2 aliphatic rings. The molecule has 2 aliphatic heterocycles. The summed E-state index contributed by atoms with van der Waals surface area (Å²) in [6.45, 7) is 4.14. The number of guanidine groups is 1. The van der Waals surface area contributed by atoms with Crippen LogP contribution < -0.4 is 16.0 Å². The Labute approximate surface area is 79.2 Å². The second kappa shape index (κ2) is 4.46. The molecule has 0 aromatic carbocycles. The molecule has 0 unspecified atom stereocenters. The lowest BCUT2D eigenvalue weighted by Crippen LogP contribution is -2.36. The van der Waals surface area contributed by atoms with Gasteiger partial charge in [0.2, 0.25) is 0 Å². The van der Waals surface area contributed by atoms with E-state index >= 15 is 0 Å². The molecule has 13 heavy (non-hydrogen) atoms. The predicted octanol–water partition coefficient (Wildman–Crippen LogP) is -0.323. The van der Waals surface area contributed by atoms with Crippen LogP contribution >= 0.6 is 0 Å². The number of aliphatic imine (C=N–C) groups is 1. The lowest BCUT2D eigenvalue weighted by Gasteiger charge is -2.11. The Morgan fingerprint density at radius 1 is 1.46 bits per heavy atom. The highest BCUT2D eigenvalue weighted by Crippen LogP contribution is 2.07. The zero-order valence-electron chi connectivity index (χ0n) is 7.97. The van der Waals surface area contributed by atoms with Gasteiger partial charge >= 0.3 is 0 Å². The van der Waals surface area contributed by atoms with Crippen LogP contribution in [0.5, 0.6) is 0 Å². The van der Waals surface area contributed by atoms with Gasteiger partial charge in [-0.15, -0.1) is 0 Å². The third kappa shape index (κ3) is 2.59. The fourth-order valence-electron chi connectivity index (χ4n) is 1.88. The smallest absolute Gasteiger partial charge is 0.191 e. The monoisotopic (exact) mass is 182 g/mol. The van der Waals surface area contributed by atoms with E-state index in [1.54, 1.807) is 0 Å². The second-order valence-corrected chi connectivity index (χ2v) is 3.67. The summed E-state index contributed by atoms with van der Waals surface area (Å²) >= 11 is 0. The first-order valence-electron chi connectivity index (χ1n) is 5.21. The van der Waals surface area contributed by atoms with E-state index in [0.717, 1.165) is 31.6 Å². The van der Waals surface area contributed by atoms with Gasteiger partial charge in [0.1, 0.15) is 0 Å². The van der Waals surface area contributed by atoms with E-state index in [2.05, 4.69) is 20.9 Å². The van der Waals surface area contributed by atoms with Crippen molar-refractivity contribution in [2.45, 2.75) is 25.3 Å². The van der Waals surface area contributed by atoms with Gasteiger partial charge < -0.3 is 16.0 Å². The Balaban J connectivity index is 1.57. The van der Waals surface area contributed by atoms with Crippen LogP contribution in [-0.4, -0.2) is 38.2 Å². The summed E-state index contributed by atoms with van der Waals surface area (Å²) < 4.78 is 0.